The SMILES string of the molecule is CC(C)C1C(=O)N2CCCCC2C(=O)N1CC1CC1C. The molecule has 0 aromatic rings. The molecule has 4 atom stereocenters. The third-order valence-corrected chi connectivity index (χ3v) is 5.28. The Kier molecular flexibility index (Phi) is 3.51. The molecule has 2 heterocycles. The third kappa shape index (κ3) is 2.23. The summed E-state index contributed by atoms with van der Waals surface area (Å²) >= 11 is 0. The average Bonchev–Trinajstić information content (AvgIpc) is 3.11. The van der Waals surface area contributed by atoms with Gasteiger partial charge in [-0.05, 0) is 43.4 Å². The van der Waals surface area contributed by atoms with Crippen LogP contribution in [-0.4, -0.2) is 46.8 Å². The van der Waals surface area contributed by atoms with Crippen LogP contribution in [0.2, 0.25) is 0 Å². The molecule has 2 saturated heterocycles. The summed E-state index contributed by atoms with van der Waals surface area (Å²) in [6.45, 7) is 7.91. The normalized spacial score (nSPS) is 37.4. The van der Waals surface area contributed by atoms with E-state index in [-0.39, 0.29) is 29.8 Å². The number of fused-ring (bicyclic) bond motifs is 1. The number of hydrogen-bond donors (Lipinski definition) is 0. The second-order valence-electron chi connectivity index (χ2n) is 7.20. The van der Waals surface area contributed by atoms with Crippen LogP contribution in [0.5, 0.6) is 0 Å². The molecule has 3 aliphatic rings. The van der Waals surface area contributed by atoms with Crippen LogP contribution in [0.25, 0.3) is 0 Å². The predicted molar refractivity (Wildman–Crippen MR) is 77.0 cm³/mol. The van der Waals surface area contributed by atoms with Crippen LogP contribution in [0, 0.1) is 17.8 Å². The summed E-state index contributed by atoms with van der Waals surface area (Å²) in [5, 5.41) is 0. The van der Waals surface area contributed by atoms with E-state index >= 15 is 0 Å². The van der Waals surface area contributed by atoms with E-state index in [0.29, 0.717) is 5.92 Å². The number of nitrogens with zero attached hydrogens (tertiary/aromatic N) is 2. The van der Waals surface area contributed by atoms with Gasteiger partial charge in [0.2, 0.25) is 11.8 Å². The first-order chi connectivity index (χ1) is 9.50. The van der Waals surface area contributed by atoms with Crippen LogP contribution in [0.1, 0.15) is 46.5 Å². The maximum Gasteiger partial charge on any atom is 0.246 e. The van der Waals surface area contributed by atoms with Crippen molar-refractivity contribution in [3.8, 4) is 0 Å². The number of carbonyl (C=O) groups is 2. The summed E-state index contributed by atoms with van der Waals surface area (Å²) in [6, 6.07) is -0.398. The Hall–Kier alpha value is -1.06. The van der Waals surface area contributed by atoms with Crippen molar-refractivity contribution in [3.63, 3.8) is 0 Å². The maximum absolute atomic E-state index is 12.8. The molecular weight excluding hydrogens is 252 g/mol. The molecule has 4 nitrogen and oxygen atoms in total. The molecule has 0 spiro atoms. The van der Waals surface area contributed by atoms with Crippen molar-refractivity contribution in [2.24, 2.45) is 17.8 Å². The van der Waals surface area contributed by atoms with Crippen molar-refractivity contribution in [1.29, 1.82) is 0 Å². The van der Waals surface area contributed by atoms with Crippen molar-refractivity contribution in [1.82, 2.24) is 9.80 Å². The minimum absolute atomic E-state index is 0.166. The molecule has 0 radical (unpaired) electrons. The van der Waals surface area contributed by atoms with Gasteiger partial charge in [-0.2, -0.15) is 0 Å². The number of carbonyl (C=O) groups excluding carboxylic acids is 2. The number of hydrogen-bond acceptors (Lipinski definition) is 2. The fourth-order valence-corrected chi connectivity index (χ4v) is 3.84. The molecule has 1 aliphatic carbocycles. The zero-order valence-electron chi connectivity index (χ0n) is 12.8. The second-order valence-corrected chi connectivity index (χ2v) is 7.20. The van der Waals surface area contributed by atoms with Crippen molar-refractivity contribution < 1.29 is 9.59 Å². The van der Waals surface area contributed by atoms with E-state index in [4.69, 9.17) is 0 Å². The molecule has 2 aliphatic heterocycles. The summed E-state index contributed by atoms with van der Waals surface area (Å²) in [5.41, 5.74) is 0. The van der Waals surface area contributed by atoms with Gasteiger partial charge >= 0.3 is 0 Å². The first-order valence-corrected chi connectivity index (χ1v) is 8.11. The molecule has 0 N–H and O–H groups in total. The summed E-state index contributed by atoms with van der Waals surface area (Å²) in [4.78, 5) is 29.4. The maximum atomic E-state index is 12.8. The van der Waals surface area contributed by atoms with E-state index < -0.39 is 0 Å². The molecule has 4 unspecified atom stereocenters. The first kappa shape index (κ1) is 13.9. The first-order valence-electron chi connectivity index (χ1n) is 8.11. The van der Waals surface area contributed by atoms with E-state index in [1.807, 2.05) is 9.80 Å². The summed E-state index contributed by atoms with van der Waals surface area (Å²) in [5.74, 6) is 1.93. The van der Waals surface area contributed by atoms with Gasteiger partial charge in [0.1, 0.15) is 12.1 Å². The van der Waals surface area contributed by atoms with Gasteiger partial charge in [-0.15, -0.1) is 0 Å². The minimum atomic E-state index is -0.232. The number of piperazine rings is 1. The lowest BCUT2D eigenvalue weighted by Crippen LogP contribution is -2.67. The highest BCUT2D eigenvalue weighted by Crippen LogP contribution is 2.40. The van der Waals surface area contributed by atoms with Crippen LogP contribution in [0.15, 0.2) is 0 Å². The Morgan fingerprint density at radius 2 is 1.90 bits per heavy atom. The highest BCUT2D eigenvalue weighted by Gasteiger charge is 2.49. The monoisotopic (exact) mass is 278 g/mol. The Balaban J connectivity index is 1.84. The molecule has 1 saturated carbocycles. The molecule has 2 amide bonds. The molecule has 0 aromatic carbocycles. The largest absolute Gasteiger partial charge is 0.329 e. The molecule has 0 aromatic heterocycles. The van der Waals surface area contributed by atoms with Gasteiger partial charge in [0.15, 0.2) is 0 Å². The smallest absolute Gasteiger partial charge is 0.246 e. The van der Waals surface area contributed by atoms with Gasteiger partial charge in [0.05, 0.1) is 0 Å². The van der Waals surface area contributed by atoms with Gasteiger partial charge in [-0.1, -0.05) is 20.8 Å². The Bertz CT molecular complexity index is 421. The lowest BCUT2D eigenvalue weighted by molar-refractivity contribution is -0.166. The highest BCUT2D eigenvalue weighted by atomic mass is 16.2. The molecule has 3 fully saturated rings. The fraction of sp³-hybridized carbons (Fsp3) is 0.875. The minimum Gasteiger partial charge on any atom is -0.329 e. The Labute approximate surface area is 121 Å². The molecule has 4 heteroatoms. The fourth-order valence-electron chi connectivity index (χ4n) is 3.84. The molecule has 112 valence electrons. The summed E-state index contributed by atoms with van der Waals surface area (Å²) in [6.07, 6.45) is 4.17. The van der Waals surface area contributed by atoms with E-state index in [9.17, 15) is 9.59 Å². The molecule has 20 heavy (non-hydrogen) atoms. The van der Waals surface area contributed by atoms with Gasteiger partial charge < -0.3 is 9.80 Å². The van der Waals surface area contributed by atoms with Gasteiger partial charge in [-0.3, -0.25) is 9.59 Å². The standard InChI is InChI=1S/C16H26N2O2/c1-10(2)14-16(20)17-7-5-4-6-13(17)15(19)18(14)9-12-8-11(12)3/h10-14H,4-9H2,1-3H3. The van der Waals surface area contributed by atoms with E-state index in [1.165, 1.54) is 6.42 Å². The molecular formula is C16H26N2O2. The van der Waals surface area contributed by atoms with E-state index in [2.05, 4.69) is 20.8 Å². The van der Waals surface area contributed by atoms with Crippen LogP contribution < -0.4 is 0 Å². The van der Waals surface area contributed by atoms with Gasteiger partial charge in [0.25, 0.3) is 0 Å². The topological polar surface area (TPSA) is 40.6 Å². The third-order valence-electron chi connectivity index (χ3n) is 5.28. The second kappa shape index (κ2) is 5.05. The van der Waals surface area contributed by atoms with Crippen LogP contribution in [0.3, 0.4) is 0 Å². The van der Waals surface area contributed by atoms with Crippen molar-refractivity contribution in [2.75, 3.05) is 13.1 Å². The molecule has 3 rings (SSSR count). The Morgan fingerprint density at radius 1 is 1.20 bits per heavy atom. The molecule has 0 bridgehead atoms. The summed E-state index contributed by atoms with van der Waals surface area (Å²) in [7, 11) is 0. The van der Waals surface area contributed by atoms with Crippen LogP contribution >= 0.6 is 0 Å². The van der Waals surface area contributed by atoms with Crippen LogP contribution in [0.4, 0.5) is 0 Å². The predicted octanol–water partition coefficient (Wildman–Crippen LogP) is 1.89. The lowest BCUT2D eigenvalue weighted by atomic mass is 9.90. The quantitative estimate of drug-likeness (QED) is 0.791. The zero-order chi connectivity index (χ0) is 14.4. The van der Waals surface area contributed by atoms with Crippen molar-refractivity contribution in [2.45, 2.75) is 58.5 Å². The summed E-state index contributed by atoms with van der Waals surface area (Å²) < 4.78 is 0. The number of amides is 2. The van der Waals surface area contributed by atoms with Crippen molar-refractivity contribution >= 4 is 11.8 Å². The Morgan fingerprint density at radius 3 is 2.50 bits per heavy atom. The van der Waals surface area contributed by atoms with Gasteiger partial charge in [-0.25, -0.2) is 0 Å². The number of piperidine rings is 1. The van der Waals surface area contributed by atoms with E-state index in [1.54, 1.807) is 0 Å². The van der Waals surface area contributed by atoms with Gasteiger partial charge in [0, 0.05) is 13.1 Å². The average molecular weight is 278 g/mol. The van der Waals surface area contributed by atoms with E-state index in [0.717, 1.165) is 38.3 Å². The zero-order valence-corrected chi connectivity index (χ0v) is 12.8. The number of rotatable bonds is 3. The highest BCUT2D eigenvalue weighted by molar-refractivity contribution is 5.97. The lowest BCUT2D eigenvalue weighted by Gasteiger charge is -2.48. The van der Waals surface area contributed by atoms with Crippen LogP contribution in [-0.2, 0) is 9.59 Å². The van der Waals surface area contributed by atoms with Crippen molar-refractivity contribution in [3.05, 3.63) is 0 Å².